The molecule has 3 rings (SSSR count). The molecule has 1 aliphatic rings. The van der Waals surface area contributed by atoms with E-state index in [9.17, 15) is 13.2 Å². The van der Waals surface area contributed by atoms with Crippen LogP contribution in [0.3, 0.4) is 0 Å². The molecule has 2 heterocycles. The predicted molar refractivity (Wildman–Crippen MR) is 125 cm³/mol. The molecule has 1 unspecified atom stereocenters. The largest absolute Gasteiger partial charge is 0.379 e. The Kier molecular flexibility index (Phi) is 8.67. The van der Waals surface area contributed by atoms with Crippen molar-refractivity contribution in [1.29, 1.82) is 0 Å². The molecule has 0 radical (unpaired) electrons. The van der Waals surface area contributed by atoms with Crippen molar-refractivity contribution in [2.45, 2.75) is 76.8 Å². The number of amides is 1. The second kappa shape index (κ2) is 11.2. The number of nitrogens with one attached hydrogen (secondary N) is 1. The van der Waals surface area contributed by atoms with E-state index in [-0.39, 0.29) is 16.8 Å². The van der Waals surface area contributed by atoms with Gasteiger partial charge in [0, 0.05) is 38.5 Å². The Morgan fingerprint density at radius 2 is 1.97 bits per heavy atom. The number of aryl methyl sites for hydroxylation is 2. The van der Waals surface area contributed by atoms with E-state index in [1.807, 2.05) is 19.9 Å². The number of ether oxygens (including phenoxy) is 1. The van der Waals surface area contributed by atoms with Gasteiger partial charge in [0.25, 0.3) is 0 Å². The molecule has 0 spiro atoms. The van der Waals surface area contributed by atoms with Gasteiger partial charge in [-0.05, 0) is 38.5 Å². The van der Waals surface area contributed by atoms with Crippen molar-refractivity contribution in [3.05, 3.63) is 24.0 Å². The Bertz CT molecular complexity index is 1010. The smallest absolute Gasteiger partial charge is 0.243 e. The molecule has 32 heavy (non-hydrogen) atoms. The van der Waals surface area contributed by atoms with Gasteiger partial charge in [-0.15, -0.1) is 0 Å². The summed E-state index contributed by atoms with van der Waals surface area (Å²) in [4.78, 5) is 17.3. The molecule has 1 saturated heterocycles. The van der Waals surface area contributed by atoms with E-state index >= 15 is 0 Å². The molecule has 0 aliphatic carbocycles. The third kappa shape index (κ3) is 5.88. The maximum Gasteiger partial charge on any atom is 0.243 e. The van der Waals surface area contributed by atoms with Gasteiger partial charge in [0.15, 0.2) is 0 Å². The van der Waals surface area contributed by atoms with E-state index in [1.165, 1.54) is 17.1 Å². The summed E-state index contributed by atoms with van der Waals surface area (Å²) in [6.07, 6.45) is 5.35. The summed E-state index contributed by atoms with van der Waals surface area (Å²) < 4.78 is 34.8. The van der Waals surface area contributed by atoms with E-state index in [2.05, 4.69) is 21.8 Å². The highest BCUT2D eigenvalue weighted by molar-refractivity contribution is 7.89. The highest BCUT2D eigenvalue weighted by Gasteiger charge is 2.27. The number of benzene rings is 1. The fourth-order valence-corrected chi connectivity index (χ4v) is 5.57. The van der Waals surface area contributed by atoms with Crippen LogP contribution in [-0.2, 0) is 32.5 Å². The standard InChI is InChI=1S/C23H36N4O4S/c1-4-6-7-8-18(3)24-23(28)12-11-22-25-20-17-19(9-10-21(20)27(22)5-2)32(29,30)26-13-15-31-16-14-26/h9-10,17-18H,4-8,11-16H2,1-3H3,(H,24,28). The summed E-state index contributed by atoms with van der Waals surface area (Å²) in [7, 11) is -3.57. The van der Waals surface area contributed by atoms with Crippen LogP contribution in [0.4, 0.5) is 0 Å². The number of aromatic nitrogens is 2. The molecule has 8 nitrogen and oxygen atoms in total. The first-order valence-corrected chi connectivity index (χ1v) is 13.2. The van der Waals surface area contributed by atoms with Crippen LogP contribution < -0.4 is 5.32 Å². The Balaban J connectivity index is 1.71. The van der Waals surface area contributed by atoms with Crippen LogP contribution in [0.2, 0.25) is 0 Å². The second-order valence-corrected chi connectivity index (χ2v) is 10.3. The maximum absolute atomic E-state index is 13.0. The molecule has 1 amide bonds. The van der Waals surface area contributed by atoms with Crippen molar-refractivity contribution in [1.82, 2.24) is 19.2 Å². The average Bonchev–Trinajstić information content (AvgIpc) is 3.15. The van der Waals surface area contributed by atoms with Crippen LogP contribution >= 0.6 is 0 Å². The molecule has 2 aromatic rings. The van der Waals surface area contributed by atoms with Crippen LogP contribution in [0.5, 0.6) is 0 Å². The second-order valence-electron chi connectivity index (χ2n) is 8.40. The molecule has 1 N–H and O–H groups in total. The molecule has 1 aliphatic heterocycles. The predicted octanol–water partition coefficient (Wildman–Crippen LogP) is 3.09. The van der Waals surface area contributed by atoms with Gasteiger partial charge < -0.3 is 14.6 Å². The minimum Gasteiger partial charge on any atom is -0.379 e. The van der Waals surface area contributed by atoms with Gasteiger partial charge in [-0.1, -0.05) is 26.2 Å². The number of hydrogen-bond donors (Lipinski definition) is 1. The topological polar surface area (TPSA) is 93.5 Å². The molecule has 1 fully saturated rings. The number of carbonyl (C=O) groups is 1. The fraction of sp³-hybridized carbons (Fsp3) is 0.652. The molecule has 1 aromatic heterocycles. The molecule has 1 atom stereocenters. The van der Waals surface area contributed by atoms with Crippen LogP contribution in [0.1, 0.15) is 58.7 Å². The molecule has 0 saturated carbocycles. The molecular weight excluding hydrogens is 428 g/mol. The monoisotopic (exact) mass is 464 g/mol. The number of rotatable bonds is 11. The molecule has 0 bridgehead atoms. The SMILES string of the molecule is CCCCCC(C)NC(=O)CCc1nc2cc(S(=O)(=O)N3CCOCC3)ccc2n1CC. The number of hydrogen-bond acceptors (Lipinski definition) is 5. The normalized spacial score (nSPS) is 16.3. The third-order valence-electron chi connectivity index (χ3n) is 5.95. The van der Waals surface area contributed by atoms with Crippen molar-refractivity contribution in [2.75, 3.05) is 26.3 Å². The number of carbonyl (C=O) groups excluding carboxylic acids is 1. The number of sulfonamides is 1. The Morgan fingerprint density at radius 3 is 2.66 bits per heavy atom. The zero-order valence-corrected chi connectivity index (χ0v) is 20.3. The Morgan fingerprint density at radius 1 is 1.22 bits per heavy atom. The molecule has 1 aromatic carbocycles. The van der Waals surface area contributed by atoms with E-state index in [0.29, 0.717) is 51.2 Å². The summed E-state index contributed by atoms with van der Waals surface area (Å²) in [6, 6.07) is 5.28. The van der Waals surface area contributed by atoms with Crippen molar-refractivity contribution in [2.24, 2.45) is 0 Å². The van der Waals surface area contributed by atoms with Crippen molar-refractivity contribution in [3.63, 3.8) is 0 Å². The van der Waals surface area contributed by atoms with E-state index in [1.54, 1.807) is 12.1 Å². The van der Waals surface area contributed by atoms with Gasteiger partial charge in [-0.2, -0.15) is 4.31 Å². The molecule has 9 heteroatoms. The lowest BCUT2D eigenvalue weighted by Gasteiger charge is -2.26. The van der Waals surface area contributed by atoms with Crippen molar-refractivity contribution >= 4 is 27.0 Å². The van der Waals surface area contributed by atoms with Gasteiger partial charge >= 0.3 is 0 Å². The lowest BCUT2D eigenvalue weighted by atomic mass is 10.1. The van der Waals surface area contributed by atoms with Crippen molar-refractivity contribution < 1.29 is 17.9 Å². The minimum atomic E-state index is -3.57. The zero-order chi connectivity index (χ0) is 23.1. The van der Waals surface area contributed by atoms with Gasteiger partial charge in [-0.3, -0.25) is 4.79 Å². The first-order valence-electron chi connectivity index (χ1n) is 11.7. The number of unbranched alkanes of at least 4 members (excludes halogenated alkanes) is 2. The van der Waals surface area contributed by atoms with E-state index in [0.717, 1.165) is 24.2 Å². The lowest BCUT2D eigenvalue weighted by molar-refractivity contribution is -0.121. The minimum absolute atomic E-state index is 0.0271. The highest BCUT2D eigenvalue weighted by Crippen LogP contribution is 2.24. The number of nitrogens with zero attached hydrogens (tertiary/aromatic N) is 3. The zero-order valence-electron chi connectivity index (χ0n) is 19.5. The Labute approximate surface area is 191 Å². The summed E-state index contributed by atoms with van der Waals surface area (Å²) in [5.41, 5.74) is 1.53. The van der Waals surface area contributed by atoms with Gasteiger partial charge in [-0.25, -0.2) is 13.4 Å². The third-order valence-corrected chi connectivity index (χ3v) is 7.84. The van der Waals surface area contributed by atoms with Gasteiger partial charge in [0.2, 0.25) is 15.9 Å². The first-order chi connectivity index (χ1) is 15.4. The number of morpholine rings is 1. The first kappa shape index (κ1) is 24.7. The van der Waals surface area contributed by atoms with Gasteiger partial charge in [0.05, 0.1) is 29.1 Å². The molecule has 178 valence electrons. The maximum atomic E-state index is 13.0. The average molecular weight is 465 g/mol. The summed E-state index contributed by atoms with van der Waals surface area (Å²) >= 11 is 0. The fourth-order valence-electron chi connectivity index (χ4n) is 4.14. The van der Waals surface area contributed by atoms with Gasteiger partial charge in [0.1, 0.15) is 5.82 Å². The number of imidazole rings is 1. The number of fused-ring (bicyclic) bond motifs is 1. The Hall–Kier alpha value is -1.97. The summed E-state index contributed by atoms with van der Waals surface area (Å²) in [5.74, 6) is 0.830. The molecular formula is C23H36N4O4S. The van der Waals surface area contributed by atoms with E-state index in [4.69, 9.17) is 4.74 Å². The lowest BCUT2D eigenvalue weighted by Crippen LogP contribution is -2.40. The van der Waals surface area contributed by atoms with Crippen LogP contribution in [0.15, 0.2) is 23.1 Å². The van der Waals surface area contributed by atoms with Crippen LogP contribution in [-0.4, -0.2) is 60.5 Å². The quantitative estimate of drug-likeness (QED) is 0.516. The van der Waals surface area contributed by atoms with Crippen molar-refractivity contribution in [3.8, 4) is 0 Å². The van der Waals surface area contributed by atoms with E-state index < -0.39 is 10.0 Å². The highest BCUT2D eigenvalue weighted by atomic mass is 32.2. The van der Waals surface area contributed by atoms with Crippen LogP contribution in [0.25, 0.3) is 11.0 Å². The van der Waals surface area contributed by atoms with Crippen LogP contribution in [0, 0.1) is 0 Å². The summed E-state index contributed by atoms with van der Waals surface area (Å²) in [6.45, 7) is 8.50. The summed E-state index contributed by atoms with van der Waals surface area (Å²) in [5, 5.41) is 3.07.